The quantitative estimate of drug-likeness (QED) is 0.329. The molecule has 162 valence electrons. The van der Waals surface area contributed by atoms with Crippen LogP contribution in [0.3, 0.4) is 0 Å². The van der Waals surface area contributed by atoms with E-state index in [0.717, 1.165) is 16.1 Å². The lowest BCUT2D eigenvalue weighted by Crippen LogP contribution is -2.51. The van der Waals surface area contributed by atoms with Gasteiger partial charge >= 0.3 is 18.2 Å². The van der Waals surface area contributed by atoms with Crippen molar-refractivity contribution in [2.75, 3.05) is 0 Å². The van der Waals surface area contributed by atoms with Gasteiger partial charge in [0.1, 0.15) is 19.3 Å². The maximum absolute atomic E-state index is 12.7. The number of rotatable bonds is 6. The van der Waals surface area contributed by atoms with E-state index in [9.17, 15) is 14.4 Å². The number of nitrogens with zero attached hydrogens (tertiary/aromatic N) is 1. The number of hydrazine groups is 1. The van der Waals surface area contributed by atoms with Gasteiger partial charge in [-0.15, -0.1) is 0 Å². The first-order valence-corrected chi connectivity index (χ1v) is 9.84. The van der Waals surface area contributed by atoms with Crippen LogP contribution < -0.4 is 5.43 Å². The number of hydrogen-bond acceptors (Lipinski definition) is 6. The summed E-state index contributed by atoms with van der Waals surface area (Å²) in [7, 11) is 0. The molecule has 0 bridgehead atoms. The van der Waals surface area contributed by atoms with E-state index in [0.29, 0.717) is 6.42 Å². The van der Waals surface area contributed by atoms with E-state index in [1.807, 2.05) is 60.7 Å². The lowest BCUT2D eigenvalue weighted by molar-refractivity contribution is -0.144. The van der Waals surface area contributed by atoms with Gasteiger partial charge < -0.3 is 14.2 Å². The summed E-state index contributed by atoms with van der Waals surface area (Å²) in [6.45, 7) is 1.41. The maximum atomic E-state index is 12.7. The van der Waals surface area contributed by atoms with Crippen molar-refractivity contribution in [2.24, 2.45) is 0 Å². The number of carbonyl (C=O) groups excluding carboxylic acids is 3. The molecule has 8 nitrogen and oxygen atoms in total. The largest absolute Gasteiger partial charge is 0.458 e. The van der Waals surface area contributed by atoms with Gasteiger partial charge in [0.15, 0.2) is 0 Å². The monoisotopic (exact) mass is 424 g/mol. The normalized spacial score (nSPS) is 16.9. The molecule has 2 atom stereocenters. The molecule has 0 radical (unpaired) electrons. The highest BCUT2D eigenvalue weighted by Crippen LogP contribution is 2.20. The minimum absolute atomic E-state index is 0.0424. The molecule has 2 amide bonds. The van der Waals surface area contributed by atoms with Crippen LogP contribution in [0.2, 0.25) is 0 Å². The molecule has 8 heteroatoms. The number of esters is 1. The van der Waals surface area contributed by atoms with Crippen LogP contribution in [0.5, 0.6) is 0 Å². The van der Waals surface area contributed by atoms with Crippen molar-refractivity contribution < 1.29 is 28.6 Å². The Morgan fingerprint density at radius 3 is 2.06 bits per heavy atom. The third-order valence-electron chi connectivity index (χ3n) is 4.50. The van der Waals surface area contributed by atoms with Gasteiger partial charge in [-0.2, -0.15) is 0 Å². The first kappa shape index (κ1) is 21.9. The van der Waals surface area contributed by atoms with Crippen LogP contribution in [0.25, 0.3) is 0 Å². The van der Waals surface area contributed by atoms with E-state index in [4.69, 9.17) is 14.2 Å². The number of carbonyl (C=O) groups is 3. The molecule has 2 aromatic rings. The van der Waals surface area contributed by atoms with Gasteiger partial charge in [-0.1, -0.05) is 66.7 Å². The molecular formula is C23H24N2O6. The molecular weight excluding hydrogens is 400 g/mol. The SMILES string of the molecule is CC(=O)O[C@H]1C=C[C@@H](N(NC(=O)OCc2ccccc2)C(=O)OCc2ccccc2)C1. The third-order valence-corrected chi connectivity index (χ3v) is 4.50. The minimum atomic E-state index is -0.801. The molecule has 1 N–H and O–H groups in total. The van der Waals surface area contributed by atoms with Crippen LogP contribution >= 0.6 is 0 Å². The van der Waals surface area contributed by atoms with Crippen molar-refractivity contribution >= 4 is 18.2 Å². The number of ether oxygens (including phenoxy) is 3. The zero-order valence-electron chi connectivity index (χ0n) is 17.1. The Morgan fingerprint density at radius 2 is 1.48 bits per heavy atom. The number of benzene rings is 2. The fourth-order valence-corrected chi connectivity index (χ4v) is 3.05. The Hall–Kier alpha value is -3.81. The summed E-state index contributed by atoms with van der Waals surface area (Å²) in [4.78, 5) is 36.3. The van der Waals surface area contributed by atoms with E-state index in [1.165, 1.54) is 6.92 Å². The summed E-state index contributed by atoms with van der Waals surface area (Å²) in [6.07, 6.45) is 1.59. The van der Waals surface area contributed by atoms with Gasteiger partial charge in [0, 0.05) is 13.3 Å². The predicted molar refractivity (Wildman–Crippen MR) is 111 cm³/mol. The summed E-state index contributed by atoms with van der Waals surface area (Å²) >= 11 is 0. The van der Waals surface area contributed by atoms with Gasteiger partial charge in [-0.3, -0.25) is 4.79 Å². The highest BCUT2D eigenvalue weighted by Gasteiger charge is 2.32. The van der Waals surface area contributed by atoms with Gasteiger partial charge in [0.05, 0.1) is 6.04 Å². The van der Waals surface area contributed by atoms with Crippen LogP contribution in [0.4, 0.5) is 9.59 Å². The summed E-state index contributed by atoms with van der Waals surface area (Å²) in [5.41, 5.74) is 4.06. The van der Waals surface area contributed by atoms with Crippen molar-refractivity contribution in [3.63, 3.8) is 0 Å². The molecule has 1 aliphatic rings. The van der Waals surface area contributed by atoms with E-state index < -0.39 is 30.3 Å². The summed E-state index contributed by atoms with van der Waals surface area (Å²) in [5, 5.41) is 1.05. The maximum Gasteiger partial charge on any atom is 0.429 e. The minimum Gasteiger partial charge on any atom is -0.458 e. The Morgan fingerprint density at radius 1 is 0.903 bits per heavy atom. The van der Waals surface area contributed by atoms with Crippen LogP contribution in [0, 0.1) is 0 Å². The smallest absolute Gasteiger partial charge is 0.429 e. The van der Waals surface area contributed by atoms with Crippen LogP contribution in [-0.2, 0) is 32.2 Å². The van der Waals surface area contributed by atoms with Crippen molar-refractivity contribution in [1.82, 2.24) is 10.4 Å². The second-order valence-electron chi connectivity index (χ2n) is 6.92. The van der Waals surface area contributed by atoms with Gasteiger partial charge in [-0.25, -0.2) is 20.0 Å². The van der Waals surface area contributed by atoms with Crippen LogP contribution in [-0.4, -0.2) is 35.3 Å². The number of nitrogens with one attached hydrogen (secondary N) is 1. The molecule has 1 aliphatic carbocycles. The van der Waals surface area contributed by atoms with E-state index in [1.54, 1.807) is 12.2 Å². The first-order chi connectivity index (χ1) is 15.0. The standard InChI is InChI=1S/C23H24N2O6/c1-17(26)31-21-13-12-20(14-21)25(23(28)30-16-19-10-6-3-7-11-19)24-22(27)29-15-18-8-4-2-5-9-18/h2-13,20-21H,14-16H2,1H3,(H,24,27)/t20-,21+/m1/s1. The molecule has 0 heterocycles. The fourth-order valence-electron chi connectivity index (χ4n) is 3.05. The summed E-state index contributed by atoms with van der Waals surface area (Å²) in [5.74, 6) is -0.427. The van der Waals surface area contributed by atoms with Gasteiger partial charge in [0.25, 0.3) is 0 Å². The Bertz CT molecular complexity index is 916. The zero-order chi connectivity index (χ0) is 22.1. The zero-order valence-corrected chi connectivity index (χ0v) is 17.1. The average Bonchev–Trinajstić information content (AvgIpc) is 3.23. The Kier molecular flexibility index (Phi) is 7.64. The summed E-state index contributed by atoms with van der Waals surface area (Å²) in [6, 6.07) is 17.8. The Labute approximate surface area is 180 Å². The van der Waals surface area contributed by atoms with E-state index in [2.05, 4.69) is 5.43 Å². The molecule has 0 saturated heterocycles. The van der Waals surface area contributed by atoms with Crippen molar-refractivity contribution in [1.29, 1.82) is 0 Å². The molecule has 31 heavy (non-hydrogen) atoms. The van der Waals surface area contributed by atoms with Crippen LogP contribution in [0.15, 0.2) is 72.8 Å². The lowest BCUT2D eigenvalue weighted by atomic mass is 10.2. The molecule has 0 aromatic heterocycles. The number of amides is 2. The van der Waals surface area contributed by atoms with Gasteiger partial charge in [-0.05, 0) is 17.2 Å². The topological polar surface area (TPSA) is 94.2 Å². The van der Waals surface area contributed by atoms with Crippen molar-refractivity contribution in [3.8, 4) is 0 Å². The molecule has 3 rings (SSSR count). The van der Waals surface area contributed by atoms with Crippen LogP contribution in [0.1, 0.15) is 24.5 Å². The molecule has 0 aliphatic heterocycles. The fraction of sp³-hybridized carbons (Fsp3) is 0.261. The summed E-state index contributed by atoms with van der Waals surface area (Å²) < 4.78 is 15.7. The third kappa shape index (κ3) is 6.88. The molecule has 0 fully saturated rings. The molecule has 2 aromatic carbocycles. The molecule has 0 spiro atoms. The lowest BCUT2D eigenvalue weighted by Gasteiger charge is -2.27. The molecule has 0 saturated carbocycles. The highest BCUT2D eigenvalue weighted by atomic mass is 16.6. The average molecular weight is 424 g/mol. The Balaban J connectivity index is 1.62. The second kappa shape index (κ2) is 10.8. The van der Waals surface area contributed by atoms with E-state index >= 15 is 0 Å². The number of hydrogen-bond donors (Lipinski definition) is 1. The van der Waals surface area contributed by atoms with Crippen molar-refractivity contribution in [2.45, 2.75) is 38.7 Å². The first-order valence-electron chi connectivity index (χ1n) is 9.84. The second-order valence-corrected chi connectivity index (χ2v) is 6.92. The van der Waals surface area contributed by atoms with Gasteiger partial charge in [0.2, 0.25) is 0 Å². The predicted octanol–water partition coefficient (Wildman–Crippen LogP) is 3.73. The molecule has 0 unspecified atom stereocenters. The highest BCUT2D eigenvalue weighted by molar-refractivity contribution is 5.74. The van der Waals surface area contributed by atoms with E-state index in [-0.39, 0.29) is 13.2 Å². The van der Waals surface area contributed by atoms with Crippen molar-refractivity contribution in [3.05, 3.63) is 83.9 Å².